The molecule has 31 heavy (non-hydrogen) atoms. The first kappa shape index (κ1) is 20.9. The lowest BCUT2D eigenvalue weighted by Crippen LogP contribution is -2.46. The number of carbonyl (C=O) groups is 1. The van der Waals surface area contributed by atoms with E-state index in [9.17, 15) is 9.59 Å². The summed E-state index contributed by atoms with van der Waals surface area (Å²) in [4.78, 5) is 31.1. The van der Waals surface area contributed by atoms with Gasteiger partial charge in [0, 0.05) is 38.9 Å². The van der Waals surface area contributed by atoms with Gasteiger partial charge in [0.1, 0.15) is 18.1 Å². The number of hydrogen-bond acceptors (Lipinski definition) is 5. The highest BCUT2D eigenvalue weighted by Gasteiger charge is 2.27. The molecule has 4 rings (SSSR count). The molecule has 2 N–H and O–H groups in total. The maximum Gasteiger partial charge on any atom is 0.331 e. The van der Waals surface area contributed by atoms with Crippen LogP contribution in [0.4, 0.5) is 0 Å². The Kier molecular flexibility index (Phi) is 6.49. The lowest BCUT2D eigenvalue weighted by molar-refractivity contribution is 0.0731. The SMILES string of the molecule is COCCOc1ccccc1-n1c(-c2ccccc2)c(C(=O)N2CCNCC2)[nH]c1=O. The van der Waals surface area contributed by atoms with E-state index in [0.717, 1.165) is 18.7 Å². The van der Waals surface area contributed by atoms with E-state index in [0.29, 0.717) is 43.4 Å². The second-order valence-corrected chi connectivity index (χ2v) is 7.21. The van der Waals surface area contributed by atoms with Crippen LogP contribution in [-0.4, -0.2) is 66.9 Å². The van der Waals surface area contributed by atoms with Gasteiger partial charge in [-0.05, 0) is 12.1 Å². The molecule has 0 spiro atoms. The first-order chi connectivity index (χ1) is 15.2. The topological polar surface area (TPSA) is 88.6 Å². The third-order valence-corrected chi connectivity index (χ3v) is 5.21. The fourth-order valence-corrected chi connectivity index (χ4v) is 3.71. The lowest BCUT2D eigenvalue weighted by Gasteiger charge is -2.27. The summed E-state index contributed by atoms with van der Waals surface area (Å²) in [6.07, 6.45) is 0. The summed E-state index contributed by atoms with van der Waals surface area (Å²) < 4.78 is 12.5. The van der Waals surface area contributed by atoms with Crippen LogP contribution in [0.3, 0.4) is 0 Å². The van der Waals surface area contributed by atoms with Crippen molar-refractivity contribution in [3.05, 3.63) is 70.8 Å². The number of amides is 1. The lowest BCUT2D eigenvalue weighted by atomic mass is 10.1. The highest BCUT2D eigenvalue weighted by Crippen LogP contribution is 2.30. The third kappa shape index (κ3) is 4.40. The number of rotatable bonds is 7. The van der Waals surface area contributed by atoms with Gasteiger partial charge in [0.15, 0.2) is 0 Å². The number of aromatic amines is 1. The fraction of sp³-hybridized carbons (Fsp3) is 0.304. The van der Waals surface area contributed by atoms with Crippen molar-refractivity contribution in [1.29, 1.82) is 0 Å². The minimum Gasteiger partial charge on any atom is -0.489 e. The molecule has 0 radical (unpaired) electrons. The van der Waals surface area contributed by atoms with Crippen LogP contribution < -0.4 is 15.7 Å². The molecule has 0 aliphatic carbocycles. The quantitative estimate of drug-likeness (QED) is 0.568. The number of nitrogens with zero attached hydrogens (tertiary/aromatic N) is 2. The van der Waals surface area contributed by atoms with Gasteiger partial charge in [-0.2, -0.15) is 0 Å². The normalized spacial score (nSPS) is 13.9. The van der Waals surface area contributed by atoms with Crippen molar-refractivity contribution < 1.29 is 14.3 Å². The number of H-pyrrole nitrogens is 1. The van der Waals surface area contributed by atoms with E-state index < -0.39 is 0 Å². The summed E-state index contributed by atoms with van der Waals surface area (Å²) in [5.41, 5.74) is 1.76. The average molecular weight is 422 g/mol. The molecule has 2 aromatic carbocycles. The molecule has 1 aliphatic heterocycles. The first-order valence-corrected chi connectivity index (χ1v) is 10.3. The standard InChI is InChI=1S/C23H26N4O4/c1-30-15-16-31-19-10-6-5-9-18(19)27-21(17-7-3-2-4-8-17)20(25-23(27)29)22(28)26-13-11-24-12-14-26/h2-10,24H,11-16H2,1H3,(H,25,29). The number of nitrogens with one attached hydrogen (secondary N) is 2. The van der Waals surface area contributed by atoms with E-state index in [1.54, 1.807) is 18.1 Å². The van der Waals surface area contributed by atoms with Gasteiger partial charge in [-0.3, -0.25) is 9.36 Å². The van der Waals surface area contributed by atoms with Crippen molar-refractivity contribution >= 4 is 5.91 Å². The number of ether oxygens (including phenoxy) is 2. The Hall–Kier alpha value is -3.36. The molecular formula is C23H26N4O4. The van der Waals surface area contributed by atoms with Gasteiger partial charge in [-0.15, -0.1) is 0 Å². The summed E-state index contributed by atoms with van der Waals surface area (Å²) in [7, 11) is 1.60. The van der Waals surface area contributed by atoms with Gasteiger partial charge in [-0.25, -0.2) is 4.79 Å². The van der Waals surface area contributed by atoms with Crippen LogP contribution in [0.5, 0.6) is 5.75 Å². The number of aromatic nitrogens is 2. The van der Waals surface area contributed by atoms with E-state index >= 15 is 0 Å². The number of piperazine rings is 1. The van der Waals surface area contributed by atoms with Crippen LogP contribution in [0, 0.1) is 0 Å². The Bertz CT molecular complexity index is 1080. The van der Waals surface area contributed by atoms with Gasteiger partial charge in [0.2, 0.25) is 0 Å². The fourth-order valence-electron chi connectivity index (χ4n) is 3.71. The van der Waals surface area contributed by atoms with Crippen LogP contribution in [0.2, 0.25) is 0 Å². The molecule has 1 fully saturated rings. The van der Waals surface area contributed by atoms with E-state index in [4.69, 9.17) is 9.47 Å². The van der Waals surface area contributed by atoms with Crippen LogP contribution in [0.1, 0.15) is 10.5 Å². The van der Waals surface area contributed by atoms with Crippen LogP contribution in [0.15, 0.2) is 59.4 Å². The molecule has 2 heterocycles. The van der Waals surface area contributed by atoms with Crippen molar-refractivity contribution in [3.8, 4) is 22.7 Å². The highest BCUT2D eigenvalue weighted by atomic mass is 16.5. The molecule has 1 amide bonds. The summed E-state index contributed by atoms with van der Waals surface area (Å²) in [6.45, 7) is 3.42. The summed E-state index contributed by atoms with van der Waals surface area (Å²) in [5.74, 6) is 0.355. The molecule has 0 saturated carbocycles. The Morgan fingerprint density at radius 1 is 1.00 bits per heavy atom. The van der Waals surface area contributed by atoms with Crippen LogP contribution in [0.25, 0.3) is 16.9 Å². The zero-order chi connectivity index (χ0) is 21.6. The highest BCUT2D eigenvalue weighted by molar-refractivity contribution is 5.98. The third-order valence-electron chi connectivity index (χ3n) is 5.21. The molecule has 0 bridgehead atoms. The molecule has 8 nitrogen and oxygen atoms in total. The van der Waals surface area contributed by atoms with Gasteiger partial charge < -0.3 is 24.7 Å². The molecule has 8 heteroatoms. The number of methoxy groups -OCH3 is 1. The molecule has 3 aromatic rings. The largest absolute Gasteiger partial charge is 0.489 e. The Morgan fingerprint density at radius 2 is 1.71 bits per heavy atom. The molecule has 1 aromatic heterocycles. The van der Waals surface area contributed by atoms with E-state index in [1.165, 1.54) is 4.57 Å². The predicted octanol–water partition coefficient (Wildman–Crippen LogP) is 1.90. The van der Waals surface area contributed by atoms with Gasteiger partial charge in [0.05, 0.1) is 18.0 Å². The maximum absolute atomic E-state index is 13.4. The summed E-state index contributed by atoms with van der Waals surface area (Å²) >= 11 is 0. The average Bonchev–Trinajstić information content (AvgIpc) is 3.17. The predicted molar refractivity (Wildman–Crippen MR) is 118 cm³/mol. The Balaban J connectivity index is 1.85. The maximum atomic E-state index is 13.4. The van der Waals surface area contributed by atoms with E-state index in [-0.39, 0.29) is 17.3 Å². The number of imidazole rings is 1. The van der Waals surface area contributed by atoms with Crippen molar-refractivity contribution in [1.82, 2.24) is 19.8 Å². The number of carbonyl (C=O) groups excluding carboxylic acids is 1. The summed E-state index contributed by atoms with van der Waals surface area (Å²) in [6, 6.07) is 16.7. The van der Waals surface area contributed by atoms with Gasteiger partial charge in [0.25, 0.3) is 5.91 Å². The van der Waals surface area contributed by atoms with Crippen LogP contribution >= 0.6 is 0 Å². The first-order valence-electron chi connectivity index (χ1n) is 10.3. The Labute approximate surface area is 180 Å². The molecule has 0 atom stereocenters. The molecule has 162 valence electrons. The van der Waals surface area contributed by atoms with Gasteiger partial charge >= 0.3 is 5.69 Å². The van der Waals surface area contributed by atoms with Crippen molar-refractivity contribution in [2.45, 2.75) is 0 Å². The Morgan fingerprint density at radius 3 is 2.45 bits per heavy atom. The van der Waals surface area contributed by atoms with E-state index in [2.05, 4.69) is 10.3 Å². The smallest absolute Gasteiger partial charge is 0.331 e. The zero-order valence-electron chi connectivity index (χ0n) is 17.5. The van der Waals surface area contributed by atoms with Crippen LogP contribution in [-0.2, 0) is 4.74 Å². The number of hydrogen-bond donors (Lipinski definition) is 2. The molecule has 1 aliphatic rings. The molecule has 0 unspecified atom stereocenters. The number of para-hydroxylation sites is 2. The van der Waals surface area contributed by atoms with Crippen molar-refractivity contribution in [2.75, 3.05) is 46.5 Å². The summed E-state index contributed by atoms with van der Waals surface area (Å²) in [5, 5.41) is 3.24. The molecular weight excluding hydrogens is 396 g/mol. The zero-order valence-corrected chi connectivity index (χ0v) is 17.5. The number of benzene rings is 2. The minimum absolute atomic E-state index is 0.186. The molecule has 1 saturated heterocycles. The second-order valence-electron chi connectivity index (χ2n) is 7.21. The monoisotopic (exact) mass is 422 g/mol. The van der Waals surface area contributed by atoms with Crippen molar-refractivity contribution in [2.24, 2.45) is 0 Å². The van der Waals surface area contributed by atoms with Gasteiger partial charge in [-0.1, -0.05) is 42.5 Å². The minimum atomic E-state index is -0.389. The van der Waals surface area contributed by atoms with Crippen molar-refractivity contribution in [3.63, 3.8) is 0 Å². The second kappa shape index (κ2) is 9.63. The van der Waals surface area contributed by atoms with E-state index in [1.807, 2.05) is 48.5 Å².